The Hall–Kier alpha value is -3.19. The molecule has 0 radical (unpaired) electrons. The number of rotatable bonds is 29. The number of benzene rings is 1. The van der Waals surface area contributed by atoms with Gasteiger partial charge in [-0.2, -0.15) is 10.4 Å². The average Bonchev–Trinajstić information content (AvgIpc) is 3.73. The summed E-state index contributed by atoms with van der Waals surface area (Å²) in [4.78, 5) is 14.8. The summed E-state index contributed by atoms with van der Waals surface area (Å²) in [5, 5.41) is 35.5. The van der Waals surface area contributed by atoms with Gasteiger partial charge in [-0.15, -0.1) is 0 Å². The maximum atomic E-state index is 14.1. The van der Waals surface area contributed by atoms with Crippen LogP contribution in [0.4, 0.5) is 10.2 Å². The number of ether oxygens (including phenoxy) is 3. The van der Waals surface area contributed by atoms with Gasteiger partial charge in [0.15, 0.2) is 5.82 Å². The van der Waals surface area contributed by atoms with Crippen LogP contribution in [0.15, 0.2) is 36.7 Å². The highest BCUT2D eigenvalue weighted by molar-refractivity contribution is 7.47. The molecule has 14 nitrogen and oxygen atoms in total. The lowest BCUT2D eigenvalue weighted by Gasteiger charge is -2.34. The number of nitriles is 1. The lowest BCUT2D eigenvalue weighted by atomic mass is 9.91. The number of nitrogens with zero attached hydrogens (tertiary/aromatic N) is 4. The first-order valence-corrected chi connectivity index (χ1v) is 22.6. The standard InChI is InChI=1S/C42H65FN5O9P/c1-4-5-6-7-8-9-10-11-12-13-14-15-16-17-18-19-22-53-27-33(28-54-35-24-32(26-44)23-34(43)25-35)29-55-58(51,52)57-31(2)42(3)40(50)38(49)39(56-42)36-20-21-37-41(45)46-30-47-48(36)37/h20-21,23-25,30-31,33,38-40,49-50H,4-19,22,27-29H2,1-3H3,(H,51,52)(H2,45,46,47)/t31-,33?,38-,39-,40-,42+/m0/s1. The Bertz CT molecular complexity index is 1760. The molecule has 2 aromatic heterocycles. The fourth-order valence-corrected chi connectivity index (χ4v) is 8.35. The highest BCUT2D eigenvalue weighted by Crippen LogP contribution is 2.50. The molecule has 58 heavy (non-hydrogen) atoms. The maximum absolute atomic E-state index is 14.1. The molecule has 2 unspecified atom stereocenters. The van der Waals surface area contributed by atoms with Gasteiger partial charge in [0.1, 0.15) is 47.3 Å². The van der Waals surface area contributed by atoms with Crippen LogP contribution < -0.4 is 10.5 Å². The van der Waals surface area contributed by atoms with Gasteiger partial charge in [-0.05, 0) is 44.5 Å². The second-order valence-electron chi connectivity index (χ2n) is 15.7. The number of fused-ring (bicyclic) bond motifs is 1. The largest absolute Gasteiger partial charge is 0.493 e. The minimum atomic E-state index is -4.79. The second kappa shape index (κ2) is 24.2. The van der Waals surface area contributed by atoms with E-state index in [9.17, 15) is 29.3 Å². The molecule has 0 bridgehead atoms. The number of halogens is 1. The van der Waals surface area contributed by atoms with Crippen LogP contribution >= 0.6 is 7.82 Å². The van der Waals surface area contributed by atoms with E-state index in [1.54, 1.807) is 12.1 Å². The molecule has 1 aliphatic rings. The number of nitrogens with two attached hydrogens (primary N) is 1. The molecule has 0 aliphatic carbocycles. The third-order valence-electron chi connectivity index (χ3n) is 11.0. The number of aromatic nitrogens is 3. The Kier molecular flexibility index (Phi) is 19.8. The van der Waals surface area contributed by atoms with Crippen molar-refractivity contribution in [2.45, 2.75) is 154 Å². The molecule has 0 saturated carbocycles. The van der Waals surface area contributed by atoms with E-state index in [4.69, 9.17) is 29.0 Å². The predicted molar refractivity (Wildman–Crippen MR) is 218 cm³/mol. The predicted octanol–water partition coefficient (Wildman–Crippen LogP) is 8.37. The van der Waals surface area contributed by atoms with Crippen molar-refractivity contribution in [3.8, 4) is 11.8 Å². The third-order valence-corrected chi connectivity index (χ3v) is 12.0. The maximum Gasteiger partial charge on any atom is 0.472 e. The summed E-state index contributed by atoms with van der Waals surface area (Å²) in [5.74, 6) is -0.885. The Morgan fingerprint density at radius 1 is 0.966 bits per heavy atom. The monoisotopic (exact) mass is 833 g/mol. The first-order valence-electron chi connectivity index (χ1n) is 21.1. The topological polar surface area (TPSA) is 204 Å². The molecule has 1 fully saturated rings. The van der Waals surface area contributed by atoms with E-state index >= 15 is 0 Å². The van der Waals surface area contributed by atoms with Crippen molar-refractivity contribution < 1.29 is 47.3 Å². The fourth-order valence-electron chi connectivity index (χ4n) is 7.28. The molecule has 1 aliphatic heterocycles. The van der Waals surface area contributed by atoms with Crippen molar-refractivity contribution in [1.82, 2.24) is 14.6 Å². The van der Waals surface area contributed by atoms with Gasteiger partial charge >= 0.3 is 7.82 Å². The number of nitrogen functional groups attached to an aromatic ring is 1. The van der Waals surface area contributed by atoms with E-state index < -0.39 is 49.6 Å². The van der Waals surface area contributed by atoms with Crippen molar-refractivity contribution in [3.05, 3.63) is 53.7 Å². The van der Waals surface area contributed by atoms with E-state index in [-0.39, 0.29) is 37.0 Å². The van der Waals surface area contributed by atoms with Crippen LogP contribution in [-0.2, 0) is 23.1 Å². The molecule has 4 rings (SSSR count). The van der Waals surface area contributed by atoms with Crippen LogP contribution in [0, 0.1) is 23.1 Å². The summed E-state index contributed by atoms with van der Waals surface area (Å²) < 4.78 is 57.5. The number of phosphoric ester groups is 1. The molecule has 5 N–H and O–H groups in total. The molecule has 0 spiro atoms. The van der Waals surface area contributed by atoms with Gasteiger partial charge in [-0.3, -0.25) is 9.05 Å². The molecule has 7 atom stereocenters. The number of phosphoric acid groups is 1. The quantitative estimate of drug-likeness (QED) is 0.0384. The molecular formula is C42H65FN5O9P. The zero-order chi connectivity index (χ0) is 42.0. The minimum Gasteiger partial charge on any atom is -0.493 e. The molecule has 16 heteroatoms. The number of hydrogen-bond donors (Lipinski definition) is 4. The van der Waals surface area contributed by atoms with Crippen LogP contribution in [0.25, 0.3) is 5.52 Å². The number of hydrogen-bond acceptors (Lipinski definition) is 12. The zero-order valence-corrected chi connectivity index (χ0v) is 35.4. The van der Waals surface area contributed by atoms with Gasteiger partial charge in [-0.1, -0.05) is 103 Å². The first kappa shape index (κ1) is 47.5. The Labute approximate surface area is 342 Å². The Morgan fingerprint density at radius 2 is 1.59 bits per heavy atom. The van der Waals surface area contributed by atoms with Crippen molar-refractivity contribution >= 4 is 19.2 Å². The summed E-state index contributed by atoms with van der Waals surface area (Å²) >= 11 is 0. The van der Waals surface area contributed by atoms with Gasteiger partial charge in [0.25, 0.3) is 0 Å². The summed E-state index contributed by atoms with van der Waals surface area (Å²) in [6, 6.07) is 8.81. The van der Waals surface area contributed by atoms with E-state index in [1.165, 1.54) is 114 Å². The van der Waals surface area contributed by atoms with E-state index in [0.29, 0.717) is 17.8 Å². The van der Waals surface area contributed by atoms with Gasteiger partial charge in [0.05, 0.1) is 43.3 Å². The van der Waals surface area contributed by atoms with Crippen LogP contribution in [0.5, 0.6) is 5.75 Å². The van der Waals surface area contributed by atoms with Crippen LogP contribution in [0.3, 0.4) is 0 Å². The zero-order valence-electron chi connectivity index (χ0n) is 34.5. The smallest absolute Gasteiger partial charge is 0.472 e. The van der Waals surface area contributed by atoms with E-state index in [1.807, 2.05) is 6.07 Å². The number of aliphatic hydroxyl groups excluding tert-OH is 2. The van der Waals surface area contributed by atoms with Gasteiger partial charge in [0.2, 0.25) is 0 Å². The SMILES string of the molecule is CCCCCCCCCCCCCCCCCCOCC(COc1cc(F)cc(C#N)c1)COP(=O)(O)O[C@@H](C)[C@@]1(C)O[C@@H](c2ccc3c(N)ncnn23)[C@H](O)[C@@H]1O. The van der Waals surface area contributed by atoms with Crippen LogP contribution in [0.1, 0.15) is 141 Å². The number of aliphatic hydroxyl groups is 2. The van der Waals surface area contributed by atoms with Gasteiger partial charge < -0.3 is 35.1 Å². The Balaban J connectivity index is 1.21. The highest BCUT2D eigenvalue weighted by Gasteiger charge is 2.57. The molecule has 3 heterocycles. The van der Waals surface area contributed by atoms with Crippen molar-refractivity contribution in [1.29, 1.82) is 5.26 Å². The third kappa shape index (κ3) is 14.5. The molecule has 1 saturated heterocycles. The van der Waals surface area contributed by atoms with E-state index in [2.05, 4.69) is 17.0 Å². The van der Waals surface area contributed by atoms with Crippen molar-refractivity contribution in [3.63, 3.8) is 0 Å². The van der Waals surface area contributed by atoms with Crippen LogP contribution in [-0.4, -0.2) is 80.0 Å². The second-order valence-corrected chi connectivity index (χ2v) is 17.1. The number of anilines is 1. The first-order chi connectivity index (χ1) is 27.9. The van der Waals surface area contributed by atoms with Gasteiger partial charge in [0, 0.05) is 18.6 Å². The molecule has 324 valence electrons. The fraction of sp³-hybridized carbons (Fsp3) is 0.690. The summed E-state index contributed by atoms with van der Waals surface area (Å²) in [6.07, 6.45) is 16.2. The summed E-state index contributed by atoms with van der Waals surface area (Å²) in [5.41, 5.74) is 5.25. The Morgan fingerprint density at radius 3 is 2.21 bits per heavy atom. The number of unbranched alkanes of at least 4 members (excludes halogenated alkanes) is 15. The summed E-state index contributed by atoms with van der Waals surface area (Å²) in [7, 11) is -4.79. The average molecular weight is 834 g/mol. The molecular weight excluding hydrogens is 768 g/mol. The molecule has 0 amide bonds. The lowest BCUT2D eigenvalue weighted by molar-refractivity contribution is -0.133. The van der Waals surface area contributed by atoms with Crippen molar-refractivity contribution in [2.24, 2.45) is 5.92 Å². The van der Waals surface area contributed by atoms with E-state index in [0.717, 1.165) is 31.4 Å². The van der Waals surface area contributed by atoms with Crippen molar-refractivity contribution in [2.75, 3.05) is 32.2 Å². The van der Waals surface area contributed by atoms with Crippen LogP contribution in [0.2, 0.25) is 0 Å². The summed E-state index contributed by atoms with van der Waals surface area (Å²) in [6.45, 7) is 5.33. The molecule has 1 aromatic carbocycles. The minimum absolute atomic E-state index is 0.0738. The normalized spacial score (nSPS) is 21.5. The highest BCUT2D eigenvalue weighted by atomic mass is 31.2. The van der Waals surface area contributed by atoms with Gasteiger partial charge in [-0.25, -0.2) is 18.5 Å². The lowest BCUT2D eigenvalue weighted by Crippen LogP contribution is -2.49. The molecule has 3 aromatic rings.